The second-order valence-corrected chi connectivity index (χ2v) is 5.42. The first-order chi connectivity index (χ1) is 11.1. The van der Waals surface area contributed by atoms with E-state index in [1.54, 1.807) is 18.5 Å². The molecule has 1 aromatic carbocycles. The Hall–Kier alpha value is -2.27. The van der Waals surface area contributed by atoms with Crippen molar-refractivity contribution in [2.75, 3.05) is 12.0 Å². The highest BCUT2D eigenvalue weighted by molar-refractivity contribution is 6.32. The lowest BCUT2D eigenvalue weighted by Crippen LogP contribution is -2.08. The fraction of sp³-hybridized carbons (Fsp3) is 0.294. The number of hydrogen-bond acceptors (Lipinski definition) is 5. The number of anilines is 1. The number of benzene rings is 1. The van der Waals surface area contributed by atoms with E-state index in [1.807, 2.05) is 45.0 Å². The van der Waals surface area contributed by atoms with Crippen molar-refractivity contribution >= 4 is 23.6 Å². The van der Waals surface area contributed by atoms with Crippen LogP contribution in [-0.4, -0.2) is 23.9 Å². The van der Waals surface area contributed by atoms with Gasteiger partial charge in [-0.25, -0.2) is 4.98 Å². The predicted octanol–water partition coefficient (Wildman–Crippen LogP) is 4.37. The molecule has 0 radical (unpaired) electrons. The molecule has 0 spiro atoms. The first-order valence-corrected chi connectivity index (χ1v) is 7.81. The molecule has 122 valence electrons. The molecule has 0 fully saturated rings. The first kappa shape index (κ1) is 17.1. The van der Waals surface area contributed by atoms with Crippen LogP contribution in [0.15, 0.2) is 41.6 Å². The highest BCUT2D eigenvalue weighted by atomic mass is 35.5. The monoisotopic (exact) mass is 333 g/mol. The molecule has 0 saturated heterocycles. The quantitative estimate of drug-likeness (QED) is 0.604. The standard InChI is InChI=1S/C17H20ClN3O2/c1-4-22-15-10-13(9-14(18)17(15)23-12(2)3)11-20-21-16-7-5-6-8-19-16/h5-12H,4H2,1-3H3,(H,19,21)/b20-11+. The van der Waals surface area contributed by atoms with Gasteiger partial charge in [-0.2, -0.15) is 5.10 Å². The Kier molecular flexibility index (Phi) is 6.23. The van der Waals surface area contributed by atoms with E-state index in [-0.39, 0.29) is 6.10 Å². The van der Waals surface area contributed by atoms with E-state index in [1.165, 1.54) is 0 Å². The Morgan fingerprint density at radius 1 is 1.35 bits per heavy atom. The van der Waals surface area contributed by atoms with Crippen molar-refractivity contribution in [2.24, 2.45) is 5.10 Å². The number of ether oxygens (including phenoxy) is 2. The van der Waals surface area contributed by atoms with Gasteiger partial charge >= 0.3 is 0 Å². The molecule has 2 rings (SSSR count). The van der Waals surface area contributed by atoms with Gasteiger partial charge in [-0.15, -0.1) is 0 Å². The van der Waals surface area contributed by atoms with Crippen LogP contribution in [0.3, 0.4) is 0 Å². The van der Waals surface area contributed by atoms with Crippen molar-refractivity contribution < 1.29 is 9.47 Å². The lowest BCUT2D eigenvalue weighted by molar-refractivity contribution is 0.224. The Morgan fingerprint density at radius 3 is 2.83 bits per heavy atom. The van der Waals surface area contributed by atoms with Gasteiger partial charge in [-0.05, 0) is 50.6 Å². The van der Waals surface area contributed by atoms with Gasteiger partial charge < -0.3 is 9.47 Å². The van der Waals surface area contributed by atoms with Crippen LogP contribution in [0.5, 0.6) is 11.5 Å². The molecule has 23 heavy (non-hydrogen) atoms. The van der Waals surface area contributed by atoms with Gasteiger partial charge in [0.15, 0.2) is 11.5 Å². The molecule has 0 amide bonds. The number of nitrogens with zero attached hydrogens (tertiary/aromatic N) is 2. The number of nitrogens with one attached hydrogen (secondary N) is 1. The van der Waals surface area contributed by atoms with Crippen molar-refractivity contribution in [3.63, 3.8) is 0 Å². The van der Waals surface area contributed by atoms with Crippen LogP contribution < -0.4 is 14.9 Å². The number of hydrogen-bond donors (Lipinski definition) is 1. The Morgan fingerprint density at radius 2 is 2.17 bits per heavy atom. The molecule has 0 aliphatic rings. The second-order valence-electron chi connectivity index (χ2n) is 5.01. The van der Waals surface area contributed by atoms with Crippen LogP contribution in [0, 0.1) is 0 Å². The van der Waals surface area contributed by atoms with Crippen molar-refractivity contribution in [3.8, 4) is 11.5 Å². The van der Waals surface area contributed by atoms with Gasteiger partial charge in [0, 0.05) is 6.20 Å². The molecular weight excluding hydrogens is 314 g/mol. The fourth-order valence-corrected chi connectivity index (χ4v) is 2.14. The number of halogens is 1. The maximum atomic E-state index is 6.31. The Labute approximate surface area is 141 Å². The van der Waals surface area contributed by atoms with Gasteiger partial charge in [0.1, 0.15) is 5.82 Å². The van der Waals surface area contributed by atoms with E-state index < -0.39 is 0 Å². The zero-order valence-corrected chi connectivity index (χ0v) is 14.2. The van der Waals surface area contributed by atoms with Gasteiger partial charge in [-0.3, -0.25) is 5.43 Å². The van der Waals surface area contributed by atoms with E-state index in [2.05, 4.69) is 15.5 Å². The molecule has 0 aliphatic carbocycles. The van der Waals surface area contributed by atoms with Crippen LogP contribution in [0.4, 0.5) is 5.82 Å². The normalized spacial score (nSPS) is 11.0. The van der Waals surface area contributed by atoms with E-state index in [0.717, 1.165) is 5.56 Å². The zero-order chi connectivity index (χ0) is 16.7. The Bertz CT molecular complexity index is 660. The molecular formula is C17H20ClN3O2. The molecule has 0 aliphatic heterocycles. The van der Waals surface area contributed by atoms with Gasteiger partial charge in [0.2, 0.25) is 0 Å². The summed E-state index contributed by atoms with van der Waals surface area (Å²) in [4.78, 5) is 4.13. The zero-order valence-electron chi connectivity index (χ0n) is 13.4. The summed E-state index contributed by atoms with van der Waals surface area (Å²) in [6.07, 6.45) is 3.36. The third-order valence-corrected chi connectivity index (χ3v) is 3.02. The minimum atomic E-state index is 0.0112. The third kappa shape index (κ3) is 5.14. The summed E-state index contributed by atoms with van der Waals surface area (Å²) >= 11 is 6.31. The van der Waals surface area contributed by atoms with E-state index >= 15 is 0 Å². The fourth-order valence-electron chi connectivity index (χ4n) is 1.88. The molecule has 0 saturated carbocycles. The molecule has 1 aromatic heterocycles. The predicted molar refractivity (Wildman–Crippen MR) is 93.8 cm³/mol. The summed E-state index contributed by atoms with van der Waals surface area (Å²) < 4.78 is 11.4. The second kappa shape index (κ2) is 8.39. The average molecular weight is 334 g/mol. The summed E-state index contributed by atoms with van der Waals surface area (Å²) in [5.41, 5.74) is 3.66. The molecule has 1 N–H and O–H groups in total. The summed E-state index contributed by atoms with van der Waals surface area (Å²) in [6.45, 7) is 6.32. The van der Waals surface area contributed by atoms with E-state index in [9.17, 15) is 0 Å². The number of aromatic nitrogens is 1. The van der Waals surface area contributed by atoms with E-state index in [0.29, 0.717) is 28.9 Å². The van der Waals surface area contributed by atoms with Gasteiger partial charge in [0.05, 0.1) is 23.9 Å². The van der Waals surface area contributed by atoms with E-state index in [4.69, 9.17) is 21.1 Å². The minimum absolute atomic E-state index is 0.0112. The molecule has 0 atom stereocenters. The lowest BCUT2D eigenvalue weighted by atomic mass is 10.2. The van der Waals surface area contributed by atoms with Crippen molar-refractivity contribution in [1.82, 2.24) is 4.98 Å². The topological polar surface area (TPSA) is 55.7 Å². The van der Waals surface area contributed by atoms with Gasteiger partial charge in [-0.1, -0.05) is 17.7 Å². The number of hydrazone groups is 1. The van der Waals surface area contributed by atoms with Crippen molar-refractivity contribution in [2.45, 2.75) is 26.9 Å². The molecule has 6 heteroatoms. The molecule has 1 heterocycles. The van der Waals surface area contributed by atoms with Crippen LogP contribution in [0.25, 0.3) is 0 Å². The number of pyridine rings is 1. The van der Waals surface area contributed by atoms with Crippen LogP contribution in [-0.2, 0) is 0 Å². The maximum absolute atomic E-state index is 6.31. The van der Waals surface area contributed by atoms with Gasteiger partial charge in [0.25, 0.3) is 0 Å². The number of rotatable bonds is 7. The van der Waals surface area contributed by atoms with Crippen LogP contribution in [0.1, 0.15) is 26.3 Å². The molecule has 2 aromatic rings. The van der Waals surface area contributed by atoms with Crippen LogP contribution in [0.2, 0.25) is 5.02 Å². The molecule has 0 bridgehead atoms. The lowest BCUT2D eigenvalue weighted by Gasteiger charge is -2.16. The summed E-state index contributed by atoms with van der Waals surface area (Å²) in [7, 11) is 0. The summed E-state index contributed by atoms with van der Waals surface area (Å²) in [5.74, 6) is 1.82. The summed E-state index contributed by atoms with van der Waals surface area (Å²) in [6, 6.07) is 9.18. The summed E-state index contributed by atoms with van der Waals surface area (Å²) in [5, 5.41) is 4.64. The van der Waals surface area contributed by atoms with Crippen molar-refractivity contribution in [1.29, 1.82) is 0 Å². The molecule has 0 unspecified atom stereocenters. The third-order valence-electron chi connectivity index (χ3n) is 2.74. The SMILES string of the molecule is CCOc1cc(/C=N/Nc2ccccn2)cc(Cl)c1OC(C)C. The maximum Gasteiger partial charge on any atom is 0.180 e. The minimum Gasteiger partial charge on any atom is -0.490 e. The Balaban J connectivity index is 2.19. The average Bonchev–Trinajstić information content (AvgIpc) is 2.52. The smallest absolute Gasteiger partial charge is 0.180 e. The van der Waals surface area contributed by atoms with Crippen LogP contribution >= 0.6 is 11.6 Å². The van der Waals surface area contributed by atoms with Crippen molar-refractivity contribution in [3.05, 3.63) is 47.1 Å². The molecule has 5 nitrogen and oxygen atoms in total. The highest BCUT2D eigenvalue weighted by Crippen LogP contribution is 2.37. The largest absolute Gasteiger partial charge is 0.490 e. The first-order valence-electron chi connectivity index (χ1n) is 7.43. The highest BCUT2D eigenvalue weighted by Gasteiger charge is 2.13.